The summed E-state index contributed by atoms with van der Waals surface area (Å²) in [6.45, 7) is 1.93. The lowest BCUT2D eigenvalue weighted by molar-refractivity contribution is -0.143. The summed E-state index contributed by atoms with van der Waals surface area (Å²) < 4.78 is 9.66. The summed E-state index contributed by atoms with van der Waals surface area (Å²) >= 11 is 0. The van der Waals surface area contributed by atoms with Gasteiger partial charge in [0, 0.05) is 19.3 Å². The van der Waals surface area contributed by atoms with Gasteiger partial charge in [0.1, 0.15) is 6.54 Å². The van der Waals surface area contributed by atoms with E-state index in [1.165, 1.54) is 25.3 Å². The number of nitrogens with zero attached hydrogens (tertiary/aromatic N) is 2. The Balaban J connectivity index is 2.64. The van der Waals surface area contributed by atoms with Crippen LogP contribution in [0.25, 0.3) is 0 Å². The average Bonchev–Trinajstić information content (AvgIpc) is 2.38. The molecule has 0 N–H and O–H groups in total. The lowest BCUT2D eigenvalue weighted by Crippen LogP contribution is -2.33. The minimum atomic E-state index is -0.435. The number of likely N-dealkylation sites (N-methyl/N-ethyl adjacent to an activating group) is 1. The zero-order valence-electron chi connectivity index (χ0n) is 10.7. The van der Waals surface area contributed by atoms with Gasteiger partial charge in [0.05, 0.1) is 19.3 Å². The number of amides is 1. The van der Waals surface area contributed by atoms with E-state index in [0.717, 1.165) is 0 Å². The summed E-state index contributed by atoms with van der Waals surface area (Å²) in [6, 6.07) is 3.18. The molecule has 1 heterocycles. The molecule has 18 heavy (non-hydrogen) atoms. The predicted octanol–water partition coefficient (Wildman–Crippen LogP) is 0.725. The Bertz CT molecular complexity index is 417. The van der Waals surface area contributed by atoms with Crippen molar-refractivity contribution in [3.63, 3.8) is 0 Å². The fourth-order valence-corrected chi connectivity index (χ4v) is 1.32. The standard InChI is InChI=1S/C12H16N2O4/c1-4-18-11(15)8-14(2)12(16)9-5-6-10(17-3)13-7-9/h5-7H,4,8H2,1-3H3. The summed E-state index contributed by atoms with van der Waals surface area (Å²) in [5, 5.41) is 0. The number of carbonyl (C=O) groups excluding carboxylic acids is 2. The highest BCUT2D eigenvalue weighted by Gasteiger charge is 2.15. The molecule has 0 radical (unpaired) electrons. The first-order chi connectivity index (χ1) is 8.58. The van der Waals surface area contributed by atoms with E-state index in [1.807, 2.05) is 0 Å². The van der Waals surface area contributed by atoms with Crippen LogP contribution in [0.3, 0.4) is 0 Å². The third kappa shape index (κ3) is 3.73. The van der Waals surface area contributed by atoms with Gasteiger partial charge in [-0.1, -0.05) is 0 Å². The van der Waals surface area contributed by atoms with Gasteiger partial charge in [-0.3, -0.25) is 9.59 Å². The Morgan fingerprint density at radius 2 is 2.11 bits per heavy atom. The molecule has 0 aliphatic carbocycles. The maximum absolute atomic E-state index is 11.9. The molecular weight excluding hydrogens is 236 g/mol. The van der Waals surface area contributed by atoms with E-state index in [9.17, 15) is 9.59 Å². The Hall–Kier alpha value is -2.11. The normalized spacial score (nSPS) is 9.72. The third-order valence-electron chi connectivity index (χ3n) is 2.21. The van der Waals surface area contributed by atoms with E-state index < -0.39 is 5.97 Å². The molecule has 0 aliphatic heterocycles. The lowest BCUT2D eigenvalue weighted by Gasteiger charge is -2.15. The first-order valence-corrected chi connectivity index (χ1v) is 5.49. The zero-order valence-corrected chi connectivity index (χ0v) is 10.7. The molecule has 1 amide bonds. The van der Waals surface area contributed by atoms with Crippen LogP contribution in [0.5, 0.6) is 5.88 Å². The Morgan fingerprint density at radius 1 is 1.39 bits per heavy atom. The van der Waals surface area contributed by atoms with Gasteiger partial charge >= 0.3 is 5.97 Å². The molecule has 0 atom stereocenters. The average molecular weight is 252 g/mol. The van der Waals surface area contributed by atoms with E-state index in [-0.39, 0.29) is 12.5 Å². The second kappa shape index (κ2) is 6.58. The number of rotatable bonds is 5. The van der Waals surface area contributed by atoms with Crippen molar-refractivity contribution in [3.05, 3.63) is 23.9 Å². The van der Waals surface area contributed by atoms with Crippen molar-refractivity contribution in [3.8, 4) is 5.88 Å². The molecule has 0 spiro atoms. The minimum absolute atomic E-state index is 0.0846. The van der Waals surface area contributed by atoms with Crippen molar-refractivity contribution in [2.24, 2.45) is 0 Å². The Kier molecular flexibility index (Phi) is 5.10. The Morgan fingerprint density at radius 3 is 2.61 bits per heavy atom. The first kappa shape index (κ1) is 14.0. The molecule has 1 aromatic heterocycles. The van der Waals surface area contributed by atoms with Crippen LogP contribution in [0.4, 0.5) is 0 Å². The van der Waals surface area contributed by atoms with Crippen LogP contribution >= 0.6 is 0 Å². The fraction of sp³-hybridized carbons (Fsp3) is 0.417. The maximum Gasteiger partial charge on any atom is 0.325 e. The quantitative estimate of drug-likeness (QED) is 0.722. The third-order valence-corrected chi connectivity index (χ3v) is 2.21. The number of methoxy groups -OCH3 is 1. The topological polar surface area (TPSA) is 68.7 Å². The number of carbonyl (C=O) groups is 2. The summed E-state index contributed by atoms with van der Waals surface area (Å²) in [5.74, 6) is -0.298. The fourth-order valence-electron chi connectivity index (χ4n) is 1.32. The second-order valence-electron chi connectivity index (χ2n) is 3.56. The van der Waals surface area contributed by atoms with Crippen LogP contribution in [0, 0.1) is 0 Å². The van der Waals surface area contributed by atoms with Crippen LogP contribution in [-0.2, 0) is 9.53 Å². The van der Waals surface area contributed by atoms with Gasteiger partial charge in [0.25, 0.3) is 5.91 Å². The summed E-state index contributed by atoms with van der Waals surface area (Å²) in [4.78, 5) is 28.4. The first-order valence-electron chi connectivity index (χ1n) is 5.49. The molecule has 98 valence electrons. The van der Waals surface area contributed by atoms with E-state index in [2.05, 4.69) is 4.98 Å². The molecule has 0 aliphatic rings. The van der Waals surface area contributed by atoms with Crippen LogP contribution in [0.1, 0.15) is 17.3 Å². The van der Waals surface area contributed by atoms with Crippen molar-refractivity contribution in [2.75, 3.05) is 27.3 Å². The van der Waals surface area contributed by atoms with E-state index in [0.29, 0.717) is 18.1 Å². The molecular formula is C12H16N2O4. The molecule has 0 unspecified atom stereocenters. The van der Waals surface area contributed by atoms with E-state index in [4.69, 9.17) is 9.47 Å². The molecule has 0 aromatic carbocycles. The van der Waals surface area contributed by atoms with Gasteiger partial charge in [0.15, 0.2) is 0 Å². The monoisotopic (exact) mass is 252 g/mol. The van der Waals surface area contributed by atoms with Crippen LogP contribution in [0.2, 0.25) is 0 Å². The molecule has 0 fully saturated rings. The zero-order chi connectivity index (χ0) is 13.5. The van der Waals surface area contributed by atoms with Crippen molar-refractivity contribution >= 4 is 11.9 Å². The number of hydrogen-bond donors (Lipinski definition) is 0. The van der Waals surface area contributed by atoms with Crippen molar-refractivity contribution in [2.45, 2.75) is 6.92 Å². The Labute approximate surface area is 106 Å². The second-order valence-corrected chi connectivity index (χ2v) is 3.56. The molecule has 6 heteroatoms. The van der Waals surface area contributed by atoms with Crippen molar-refractivity contribution in [1.29, 1.82) is 0 Å². The van der Waals surface area contributed by atoms with Crippen LogP contribution < -0.4 is 4.74 Å². The SMILES string of the molecule is CCOC(=O)CN(C)C(=O)c1ccc(OC)nc1. The molecule has 0 bridgehead atoms. The van der Waals surface area contributed by atoms with Crippen LogP contribution in [-0.4, -0.2) is 49.1 Å². The molecule has 1 aromatic rings. The van der Waals surface area contributed by atoms with E-state index >= 15 is 0 Å². The maximum atomic E-state index is 11.9. The lowest BCUT2D eigenvalue weighted by atomic mass is 10.2. The van der Waals surface area contributed by atoms with Gasteiger partial charge in [-0.2, -0.15) is 0 Å². The number of aromatic nitrogens is 1. The molecule has 0 saturated heterocycles. The largest absolute Gasteiger partial charge is 0.481 e. The molecule has 1 rings (SSSR count). The predicted molar refractivity (Wildman–Crippen MR) is 64.4 cm³/mol. The highest BCUT2D eigenvalue weighted by Crippen LogP contribution is 2.08. The van der Waals surface area contributed by atoms with Crippen LogP contribution in [0.15, 0.2) is 18.3 Å². The van der Waals surface area contributed by atoms with Gasteiger partial charge in [-0.15, -0.1) is 0 Å². The minimum Gasteiger partial charge on any atom is -0.481 e. The molecule has 0 saturated carbocycles. The summed E-state index contributed by atoms with van der Waals surface area (Å²) in [7, 11) is 3.03. The summed E-state index contributed by atoms with van der Waals surface area (Å²) in [6.07, 6.45) is 1.41. The van der Waals surface area contributed by atoms with Gasteiger partial charge in [-0.25, -0.2) is 4.98 Å². The van der Waals surface area contributed by atoms with Gasteiger partial charge in [-0.05, 0) is 13.0 Å². The van der Waals surface area contributed by atoms with E-state index in [1.54, 1.807) is 19.1 Å². The number of pyridine rings is 1. The van der Waals surface area contributed by atoms with Crippen molar-refractivity contribution < 1.29 is 19.1 Å². The number of esters is 1. The smallest absolute Gasteiger partial charge is 0.325 e. The highest BCUT2D eigenvalue weighted by atomic mass is 16.5. The number of hydrogen-bond acceptors (Lipinski definition) is 5. The summed E-state index contributed by atoms with van der Waals surface area (Å²) in [5.41, 5.74) is 0.391. The highest BCUT2D eigenvalue weighted by molar-refractivity contribution is 5.95. The molecule has 6 nitrogen and oxygen atoms in total. The van der Waals surface area contributed by atoms with Gasteiger partial charge < -0.3 is 14.4 Å². The number of ether oxygens (including phenoxy) is 2. The van der Waals surface area contributed by atoms with Gasteiger partial charge in [0.2, 0.25) is 5.88 Å². The van der Waals surface area contributed by atoms with Crippen molar-refractivity contribution in [1.82, 2.24) is 9.88 Å².